The Kier molecular flexibility index (Phi) is 10.5. The number of hydrogen-bond acceptors (Lipinski definition) is 10. The number of benzene rings is 2. The van der Waals surface area contributed by atoms with Crippen LogP contribution >= 0.6 is 11.3 Å². The van der Waals surface area contributed by atoms with E-state index in [1.54, 1.807) is 16.5 Å². The summed E-state index contributed by atoms with van der Waals surface area (Å²) in [6, 6.07) is 8.31. The minimum absolute atomic E-state index is 0.00551. The first-order chi connectivity index (χ1) is 27.3. The number of carbonyl (C=O) groups is 1. The first-order valence-corrected chi connectivity index (χ1v) is 21.4. The number of pyridine rings is 1. The van der Waals surface area contributed by atoms with Gasteiger partial charge < -0.3 is 24.4 Å². The number of rotatable bonds is 4. The number of thiophene rings is 1. The molecule has 2 aliphatic rings. The molecular formula is C40H41F2N7O6S2. The summed E-state index contributed by atoms with van der Waals surface area (Å²) in [5, 5.41) is 17.1. The van der Waals surface area contributed by atoms with Crippen molar-refractivity contribution in [2.75, 3.05) is 39.2 Å². The second-order valence-corrected chi connectivity index (χ2v) is 17.1. The predicted octanol–water partition coefficient (Wildman–Crippen LogP) is 7.26. The van der Waals surface area contributed by atoms with E-state index in [-0.39, 0.29) is 30.6 Å². The molecule has 0 spiro atoms. The van der Waals surface area contributed by atoms with E-state index in [1.807, 2.05) is 54.5 Å². The Bertz CT molecular complexity index is 2660. The number of urea groups is 1. The first-order valence-electron chi connectivity index (χ1n) is 18.6. The third kappa shape index (κ3) is 7.83. The van der Waals surface area contributed by atoms with E-state index >= 15 is 4.39 Å². The number of nitrogens with one attached hydrogen (secondary N) is 1. The minimum atomic E-state index is -3.36. The van der Waals surface area contributed by atoms with Crippen molar-refractivity contribution in [3.05, 3.63) is 76.8 Å². The van der Waals surface area contributed by atoms with Gasteiger partial charge >= 0.3 is 6.03 Å². The Labute approximate surface area is 331 Å². The molecule has 0 unspecified atom stereocenters. The van der Waals surface area contributed by atoms with Gasteiger partial charge in [-0.25, -0.2) is 27.0 Å². The van der Waals surface area contributed by atoms with Crippen molar-refractivity contribution >= 4 is 48.2 Å². The van der Waals surface area contributed by atoms with Gasteiger partial charge in [0.1, 0.15) is 41.1 Å². The standard InChI is InChI=1S/C40H41F2N7O6S2/c1-23(8-16-57(4,51)52)43-40(50)48-9-10-49-32(24(48)2)20-31(46-49)38-36-35-29(42)18-26(41)19-34(35)55-14-13-53-11-5-6-12-54-33-21-30-25(22-47(3)45-30)17-28(33)37(44-38)27-7-15-56-39(27)36/h7-8,15-24H,5-6,9-14H2,1-4H3,(H,43,50)/b16-8-/t23-,24+/m1/s1. The Morgan fingerprint density at radius 1 is 1.00 bits per heavy atom. The van der Waals surface area contributed by atoms with Crippen LogP contribution in [0.4, 0.5) is 13.6 Å². The van der Waals surface area contributed by atoms with Gasteiger partial charge in [-0.3, -0.25) is 9.36 Å². The summed E-state index contributed by atoms with van der Waals surface area (Å²) in [7, 11) is -1.51. The van der Waals surface area contributed by atoms with Crippen molar-refractivity contribution in [3.63, 3.8) is 0 Å². The molecule has 57 heavy (non-hydrogen) atoms. The van der Waals surface area contributed by atoms with Gasteiger partial charge in [-0.05, 0) is 50.3 Å². The fourth-order valence-corrected chi connectivity index (χ4v) is 8.79. The van der Waals surface area contributed by atoms with E-state index in [1.165, 1.54) is 23.5 Å². The normalized spacial score (nSPS) is 17.2. The lowest BCUT2D eigenvalue weighted by atomic mass is 9.95. The number of amides is 2. The molecule has 0 saturated carbocycles. The Balaban J connectivity index is 1.31. The molecule has 0 fully saturated rings. The maximum absolute atomic E-state index is 16.4. The number of ether oxygens (including phenoxy) is 3. The second-order valence-electron chi connectivity index (χ2n) is 14.3. The van der Waals surface area contributed by atoms with Crippen LogP contribution in [0.3, 0.4) is 0 Å². The van der Waals surface area contributed by atoms with E-state index in [0.717, 1.165) is 46.9 Å². The third-order valence-corrected chi connectivity index (χ3v) is 11.6. The average Bonchev–Trinajstić information content (AvgIpc) is 3.90. The third-order valence-electron chi connectivity index (χ3n) is 10.0. The zero-order valence-electron chi connectivity index (χ0n) is 31.8. The maximum atomic E-state index is 16.4. The Morgan fingerprint density at radius 2 is 1.81 bits per heavy atom. The highest BCUT2D eigenvalue weighted by Gasteiger charge is 2.33. The van der Waals surface area contributed by atoms with Gasteiger partial charge in [-0.1, -0.05) is 6.08 Å². The van der Waals surface area contributed by atoms with Crippen LogP contribution in [0.5, 0.6) is 11.5 Å². The molecule has 0 aliphatic carbocycles. The highest BCUT2D eigenvalue weighted by molar-refractivity contribution is 7.93. The zero-order valence-corrected chi connectivity index (χ0v) is 33.4. The van der Waals surface area contributed by atoms with E-state index in [9.17, 15) is 17.6 Å². The Morgan fingerprint density at radius 3 is 2.63 bits per heavy atom. The van der Waals surface area contributed by atoms with Gasteiger partial charge in [0.05, 0.1) is 48.3 Å². The van der Waals surface area contributed by atoms with Crippen molar-refractivity contribution in [3.8, 4) is 45.3 Å². The summed E-state index contributed by atoms with van der Waals surface area (Å²) in [4.78, 5) is 20.5. The molecule has 0 radical (unpaired) electrons. The van der Waals surface area contributed by atoms with Gasteiger partial charge in [0.25, 0.3) is 0 Å². The number of nitrogens with zero attached hydrogens (tertiary/aromatic N) is 6. The molecule has 2 aliphatic heterocycles. The summed E-state index contributed by atoms with van der Waals surface area (Å²) in [6.07, 6.45) is 5.88. The number of halogens is 2. The molecule has 1 N–H and O–H groups in total. The Hall–Kier alpha value is -5.39. The monoisotopic (exact) mass is 817 g/mol. The largest absolute Gasteiger partial charge is 0.493 e. The van der Waals surface area contributed by atoms with Gasteiger partial charge in [-0.2, -0.15) is 10.2 Å². The number of hydrogen-bond donors (Lipinski definition) is 1. The second kappa shape index (κ2) is 15.5. The smallest absolute Gasteiger partial charge is 0.318 e. The van der Waals surface area contributed by atoms with Crippen LogP contribution < -0.4 is 14.8 Å². The molecule has 8 rings (SSSR count). The molecule has 2 aromatic carbocycles. The van der Waals surface area contributed by atoms with E-state index in [0.29, 0.717) is 70.7 Å². The van der Waals surface area contributed by atoms with Crippen molar-refractivity contribution < 1.29 is 36.2 Å². The molecule has 298 valence electrons. The molecule has 6 aromatic rings. The summed E-state index contributed by atoms with van der Waals surface area (Å²) in [6.45, 7) is 5.38. The first kappa shape index (κ1) is 38.5. The topological polar surface area (TPSA) is 143 Å². The lowest BCUT2D eigenvalue weighted by molar-refractivity contribution is 0.0951. The molecule has 2 atom stereocenters. The summed E-state index contributed by atoms with van der Waals surface area (Å²) < 4.78 is 77.2. The zero-order chi connectivity index (χ0) is 40.0. The minimum Gasteiger partial charge on any atom is -0.493 e. The van der Waals surface area contributed by atoms with Gasteiger partial charge in [0, 0.05) is 88.9 Å². The van der Waals surface area contributed by atoms with Crippen molar-refractivity contribution in [1.82, 2.24) is 34.8 Å². The summed E-state index contributed by atoms with van der Waals surface area (Å²) >= 11 is 1.39. The lowest BCUT2D eigenvalue weighted by Crippen LogP contribution is -2.48. The predicted molar refractivity (Wildman–Crippen MR) is 214 cm³/mol. The van der Waals surface area contributed by atoms with Crippen LogP contribution in [0, 0.1) is 11.6 Å². The molecule has 17 heteroatoms. The molecule has 2 bridgehead atoms. The van der Waals surface area contributed by atoms with Gasteiger partial charge in [-0.15, -0.1) is 11.3 Å². The van der Waals surface area contributed by atoms with E-state index in [2.05, 4.69) is 10.4 Å². The highest BCUT2D eigenvalue weighted by atomic mass is 32.2. The maximum Gasteiger partial charge on any atom is 0.318 e. The van der Waals surface area contributed by atoms with E-state index in [4.69, 9.17) is 24.3 Å². The van der Waals surface area contributed by atoms with Crippen LogP contribution in [0.25, 0.3) is 54.8 Å². The summed E-state index contributed by atoms with van der Waals surface area (Å²) in [5.41, 5.74) is 3.92. The fourth-order valence-electron chi connectivity index (χ4n) is 7.32. The number of aromatic nitrogens is 5. The number of carbonyl (C=O) groups excluding carboxylic acids is 1. The number of sulfone groups is 1. The molecular weight excluding hydrogens is 777 g/mol. The average molecular weight is 818 g/mol. The number of aryl methyl sites for hydroxylation is 1. The van der Waals surface area contributed by atoms with Crippen molar-refractivity contribution in [2.45, 2.75) is 45.3 Å². The molecule has 13 nitrogen and oxygen atoms in total. The molecule has 4 aromatic heterocycles. The molecule has 0 saturated heterocycles. The van der Waals surface area contributed by atoms with Crippen LogP contribution in [0.1, 0.15) is 38.4 Å². The highest BCUT2D eigenvalue weighted by Crippen LogP contribution is 2.49. The quantitative estimate of drug-likeness (QED) is 0.195. The van der Waals surface area contributed by atoms with Gasteiger partial charge in [0.2, 0.25) is 0 Å². The van der Waals surface area contributed by atoms with Crippen molar-refractivity contribution in [1.29, 1.82) is 0 Å². The molecule has 6 heterocycles. The SMILES string of the molecule is C[C@H](/C=C\S(C)(=O)=O)NC(=O)N1CCn2nc(-c3nc4c5ccsc5c3-c3c(F)cc(F)cc3OCCOCCCCOc3cc5nn(C)cc5cc3-4)cc2[C@@H]1C. The van der Waals surface area contributed by atoms with Crippen LogP contribution in [0.15, 0.2) is 59.5 Å². The van der Waals surface area contributed by atoms with Gasteiger partial charge in [0.15, 0.2) is 9.84 Å². The number of fused-ring (bicyclic) bond motifs is 6. The van der Waals surface area contributed by atoms with Crippen molar-refractivity contribution in [2.24, 2.45) is 7.05 Å². The molecule has 2 amide bonds. The lowest BCUT2D eigenvalue weighted by Gasteiger charge is -2.34. The van der Waals surface area contributed by atoms with Crippen LogP contribution in [-0.2, 0) is 28.2 Å². The van der Waals surface area contributed by atoms with E-state index < -0.39 is 33.6 Å². The fraction of sp³-hybridized carbons (Fsp3) is 0.350. The van der Waals surface area contributed by atoms with Crippen LogP contribution in [-0.4, -0.2) is 89.2 Å². The summed E-state index contributed by atoms with van der Waals surface area (Å²) in [5.74, 6) is -1.02. The van der Waals surface area contributed by atoms with Crippen LogP contribution in [0.2, 0.25) is 0 Å².